The Kier molecular flexibility index (Phi) is 36.4. The molecule has 0 aliphatic heterocycles. The van der Waals surface area contributed by atoms with E-state index in [-0.39, 0.29) is 115 Å². The van der Waals surface area contributed by atoms with Crippen LogP contribution in [0.2, 0.25) is 0 Å². The van der Waals surface area contributed by atoms with Crippen LogP contribution in [-0.4, -0.2) is 104 Å². The Labute approximate surface area is 165 Å². The Bertz CT molecular complexity index is 182. The maximum atomic E-state index is 9.86. The van der Waals surface area contributed by atoms with E-state index in [1.807, 2.05) is 0 Å². The molecule has 11 heteroatoms. The molecule has 0 saturated carbocycles. The zero-order chi connectivity index (χ0) is 8.15. The predicted octanol–water partition coefficient (Wildman–Crippen LogP) is 0.179. The van der Waals surface area contributed by atoms with Crippen LogP contribution in [0.5, 0.6) is 0 Å². The summed E-state index contributed by atoms with van der Waals surface area (Å²) in [6.45, 7) is 0. The third kappa shape index (κ3) is 23.5. The number of hydrogen-bond acceptors (Lipinski definition) is 5. The molecule has 0 saturated heterocycles. The van der Waals surface area contributed by atoms with E-state index in [2.05, 4.69) is 9.47 Å². The summed E-state index contributed by atoms with van der Waals surface area (Å²) in [7, 11) is 0. The molecule has 0 aliphatic carbocycles. The summed E-state index contributed by atoms with van der Waals surface area (Å²) in [6, 6.07) is 0. The Hall–Kier alpha value is 1.77. The molecule has 0 fully saturated rings. The maximum absolute atomic E-state index is 9.86. The standard InChI is InChI=1S/C3H2O7.2Ca.2Mn.4H/c4-1(5)9-3(8)10-2(6)7;;;;;;;;/h(H,4,5)(H,6,7);;;;;;;;/q;2*+2;;;4*-1. The molecule has 0 rings (SSSR count). The normalized spacial score (nSPS) is 5.71. The molecular weight excluding hydrogens is 338 g/mol. The summed E-state index contributed by atoms with van der Waals surface area (Å²) < 4.78 is 6.47. The second kappa shape index (κ2) is 17.2. The third-order valence-corrected chi connectivity index (χ3v) is 0.341. The van der Waals surface area contributed by atoms with Crippen molar-refractivity contribution in [1.29, 1.82) is 0 Å². The van der Waals surface area contributed by atoms with E-state index in [1.165, 1.54) is 0 Å². The number of ether oxygens (including phenoxy) is 2. The molecule has 0 atom stereocenters. The van der Waals surface area contributed by atoms with Crippen LogP contribution < -0.4 is 0 Å². The van der Waals surface area contributed by atoms with Crippen molar-refractivity contribution in [2.45, 2.75) is 0 Å². The van der Waals surface area contributed by atoms with Crippen molar-refractivity contribution >= 4 is 93.9 Å². The van der Waals surface area contributed by atoms with E-state index in [9.17, 15) is 14.4 Å². The number of carboxylic acid groups (broad SMARTS) is 2. The van der Waals surface area contributed by atoms with Gasteiger partial charge in [-0.3, -0.25) is 0 Å². The van der Waals surface area contributed by atoms with Crippen LogP contribution >= 0.6 is 0 Å². The second-order valence-corrected chi connectivity index (χ2v) is 0.986. The molecule has 0 aromatic carbocycles. The molecule has 0 unspecified atom stereocenters. The Morgan fingerprint density at radius 2 is 1.07 bits per heavy atom. The molecule has 2 N–H and O–H groups in total. The van der Waals surface area contributed by atoms with Gasteiger partial charge in [0, 0.05) is 34.1 Å². The van der Waals surface area contributed by atoms with Gasteiger partial charge in [0.2, 0.25) is 0 Å². The molecule has 0 amide bonds. The van der Waals surface area contributed by atoms with Crippen molar-refractivity contribution < 1.29 is 73.9 Å². The predicted molar refractivity (Wildman–Crippen MR) is 39.6 cm³/mol. The minimum Gasteiger partial charge on any atom is -1.00 e. The first-order valence-electron chi connectivity index (χ1n) is 1.88. The van der Waals surface area contributed by atoms with Gasteiger partial charge in [0.1, 0.15) is 0 Å². The van der Waals surface area contributed by atoms with Crippen LogP contribution in [0, 0.1) is 0 Å². The molecule has 14 heavy (non-hydrogen) atoms. The van der Waals surface area contributed by atoms with Crippen LogP contribution in [0.1, 0.15) is 5.71 Å². The number of hydrogen-bond donors (Lipinski definition) is 2. The van der Waals surface area contributed by atoms with E-state index in [0.29, 0.717) is 0 Å². The Balaban J connectivity index is -0.0000000145. The first-order valence-corrected chi connectivity index (χ1v) is 1.88. The first-order chi connectivity index (χ1) is 4.52. The van der Waals surface area contributed by atoms with Gasteiger partial charge in [-0.05, 0) is 0 Å². The minimum absolute atomic E-state index is 0. The van der Waals surface area contributed by atoms with Gasteiger partial charge in [-0.25, -0.2) is 14.4 Å². The van der Waals surface area contributed by atoms with Crippen LogP contribution in [0.4, 0.5) is 14.4 Å². The van der Waals surface area contributed by atoms with Crippen molar-refractivity contribution in [2.75, 3.05) is 0 Å². The molecule has 2 radical (unpaired) electrons. The molecule has 78 valence electrons. The van der Waals surface area contributed by atoms with Gasteiger partial charge in [0.05, 0.1) is 0 Å². The first kappa shape index (κ1) is 29.7. The fourth-order valence-corrected chi connectivity index (χ4v) is 0.163. The van der Waals surface area contributed by atoms with Gasteiger partial charge < -0.3 is 25.4 Å². The zero-order valence-electron chi connectivity index (χ0n) is 10.6. The molecule has 0 aliphatic rings. The van der Waals surface area contributed by atoms with Gasteiger partial charge in [0.15, 0.2) is 0 Å². The Morgan fingerprint density at radius 3 is 1.21 bits per heavy atom. The topological polar surface area (TPSA) is 110 Å². The van der Waals surface area contributed by atoms with E-state index in [4.69, 9.17) is 10.2 Å². The fraction of sp³-hybridized carbons (Fsp3) is 0. The third-order valence-electron chi connectivity index (χ3n) is 0.341. The van der Waals surface area contributed by atoms with Crippen molar-refractivity contribution in [3.8, 4) is 0 Å². The molecule has 0 aromatic rings. The summed E-state index contributed by atoms with van der Waals surface area (Å²) in [6.07, 6.45) is -5.64. The quantitative estimate of drug-likeness (QED) is 0.366. The SMILES string of the molecule is O=C(O)OC(=O)OC(=O)O.[Ca+2].[Ca+2].[H-].[H-].[H-].[H-].[Mn].[Mn]. The van der Waals surface area contributed by atoms with E-state index in [1.54, 1.807) is 0 Å². The summed E-state index contributed by atoms with van der Waals surface area (Å²) in [5.74, 6) is 0. The average molecular weight is 344 g/mol. The molecule has 0 bridgehead atoms. The van der Waals surface area contributed by atoms with Crippen LogP contribution in [0.3, 0.4) is 0 Å². The summed E-state index contributed by atoms with van der Waals surface area (Å²) in [5.41, 5.74) is 0. The smallest absolute Gasteiger partial charge is 1.00 e. The maximum Gasteiger partial charge on any atom is 2.00 e. The molecular formula is C3H6Ca2Mn2O7. The van der Waals surface area contributed by atoms with Gasteiger partial charge in [-0.1, -0.05) is 0 Å². The number of carbonyl (C=O) groups excluding carboxylic acids is 1. The van der Waals surface area contributed by atoms with Gasteiger partial charge >= 0.3 is 93.9 Å². The van der Waals surface area contributed by atoms with Gasteiger partial charge in [0.25, 0.3) is 0 Å². The number of rotatable bonds is 0. The van der Waals surface area contributed by atoms with Gasteiger partial charge in [-0.15, -0.1) is 0 Å². The number of carbonyl (C=O) groups is 3. The van der Waals surface area contributed by atoms with E-state index >= 15 is 0 Å². The summed E-state index contributed by atoms with van der Waals surface area (Å²) in [4.78, 5) is 28.8. The largest absolute Gasteiger partial charge is 2.00 e. The Morgan fingerprint density at radius 1 is 0.857 bits per heavy atom. The van der Waals surface area contributed by atoms with Crippen LogP contribution in [0.15, 0.2) is 0 Å². The van der Waals surface area contributed by atoms with Crippen LogP contribution in [0.25, 0.3) is 0 Å². The summed E-state index contributed by atoms with van der Waals surface area (Å²) >= 11 is 0. The molecule has 0 aromatic heterocycles. The monoisotopic (exact) mass is 344 g/mol. The average Bonchev–Trinajstić information content (AvgIpc) is 1.58. The fourth-order valence-electron chi connectivity index (χ4n) is 0.163. The van der Waals surface area contributed by atoms with Crippen molar-refractivity contribution in [1.82, 2.24) is 0 Å². The molecule has 0 heterocycles. The van der Waals surface area contributed by atoms with Crippen molar-refractivity contribution in [2.24, 2.45) is 0 Å². The summed E-state index contributed by atoms with van der Waals surface area (Å²) in [5, 5.41) is 15.4. The van der Waals surface area contributed by atoms with E-state index in [0.717, 1.165) is 0 Å². The van der Waals surface area contributed by atoms with Crippen LogP contribution in [-0.2, 0) is 43.6 Å². The second-order valence-electron chi connectivity index (χ2n) is 0.986. The van der Waals surface area contributed by atoms with E-state index < -0.39 is 18.5 Å². The molecule has 0 spiro atoms. The molecule has 7 nitrogen and oxygen atoms in total. The van der Waals surface area contributed by atoms with Crippen molar-refractivity contribution in [3.63, 3.8) is 0 Å². The van der Waals surface area contributed by atoms with Crippen molar-refractivity contribution in [3.05, 3.63) is 0 Å². The zero-order valence-corrected chi connectivity index (χ0v) is 13.4. The van der Waals surface area contributed by atoms with Gasteiger partial charge in [-0.2, -0.15) is 0 Å². The minimum atomic E-state index is -1.92.